The van der Waals surface area contributed by atoms with Gasteiger partial charge in [0.15, 0.2) is 0 Å². The highest BCUT2D eigenvalue weighted by molar-refractivity contribution is 6.46. The Morgan fingerprint density at radius 2 is 1.74 bits per heavy atom. The van der Waals surface area contributed by atoms with Crippen LogP contribution in [0.1, 0.15) is 33.9 Å². The number of carbonyl (C=O) groups is 3. The number of aliphatic hydroxyl groups excluding tert-OH is 1. The number of Topliss-reactive ketones (excluding diaryl/α,β-unsaturated/α-hetero) is 1. The summed E-state index contributed by atoms with van der Waals surface area (Å²) in [6.45, 7) is 1.08. The molecule has 0 saturated carbocycles. The third kappa shape index (κ3) is 4.64. The van der Waals surface area contributed by atoms with Gasteiger partial charge in [-0.3, -0.25) is 14.6 Å². The van der Waals surface area contributed by atoms with Crippen molar-refractivity contribution in [3.8, 4) is 0 Å². The number of likely N-dealkylation sites (tertiary alicyclic amines) is 1. The molecule has 3 rings (SSSR count). The predicted octanol–water partition coefficient (Wildman–Crippen LogP) is 2.24. The average molecular weight is 423 g/mol. The zero-order chi connectivity index (χ0) is 22.5. The first-order chi connectivity index (χ1) is 14.8. The molecule has 31 heavy (non-hydrogen) atoms. The lowest BCUT2D eigenvalue weighted by atomic mass is 9.95. The van der Waals surface area contributed by atoms with Crippen LogP contribution in [-0.4, -0.2) is 71.8 Å². The fourth-order valence-corrected chi connectivity index (χ4v) is 3.60. The number of aromatic nitrogens is 1. The van der Waals surface area contributed by atoms with Crippen molar-refractivity contribution in [1.29, 1.82) is 0 Å². The molecule has 0 bridgehead atoms. The molecule has 162 valence electrons. The average Bonchev–Trinajstić information content (AvgIpc) is 3.03. The van der Waals surface area contributed by atoms with Gasteiger partial charge in [-0.2, -0.15) is 0 Å². The van der Waals surface area contributed by atoms with Crippen molar-refractivity contribution in [1.82, 2.24) is 14.8 Å². The molecule has 1 atom stereocenters. The van der Waals surface area contributed by atoms with Crippen molar-refractivity contribution in [2.45, 2.75) is 12.5 Å². The molecule has 0 spiro atoms. The Bertz CT molecular complexity index is 1000. The van der Waals surface area contributed by atoms with Gasteiger partial charge in [0, 0.05) is 24.5 Å². The van der Waals surface area contributed by atoms with E-state index >= 15 is 0 Å². The van der Waals surface area contributed by atoms with Crippen molar-refractivity contribution >= 4 is 23.4 Å². The van der Waals surface area contributed by atoms with E-state index in [0.717, 1.165) is 6.54 Å². The number of amides is 1. The van der Waals surface area contributed by atoms with E-state index in [1.165, 1.54) is 24.4 Å². The Morgan fingerprint density at radius 1 is 1.10 bits per heavy atom. The molecule has 1 fully saturated rings. The van der Waals surface area contributed by atoms with Crippen molar-refractivity contribution in [3.63, 3.8) is 0 Å². The lowest BCUT2D eigenvalue weighted by Crippen LogP contribution is -2.32. The third-order valence-corrected chi connectivity index (χ3v) is 5.15. The summed E-state index contributed by atoms with van der Waals surface area (Å²) >= 11 is 0. The third-order valence-electron chi connectivity index (χ3n) is 5.15. The molecule has 2 heterocycles. The topological polar surface area (TPSA) is 100 Å². The number of nitrogens with zero attached hydrogens (tertiary/aromatic N) is 3. The highest BCUT2D eigenvalue weighted by Crippen LogP contribution is 2.39. The first-order valence-electron chi connectivity index (χ1n) is 9.87. The smallest absolute Gasteiger partial charge is 0.337 e. The fourth-order valence-electron chi connectivity index (χ4n) is 3.60. The minimum absolute atomic E-state index is 0.0203. The SMILES string of the molecule is COC(=O)c1ccc([C@@H]2/C(=C(\O)c3ccncc3)C(=O)C(=O)N2CCCN(C)C)cc1. The van der Waals surface area contributed by atoms with Gasteiger partial charge in [0.05, 0.1) is 24.3 Å². The molecule has 1 aromatic carbocycles. The highest BCUT2D eigenvalue weighted by atomic mass is 16.5. The molecule has 0 unspecified atom stereocenters. The van der Waals surface area contributed by atoms with Crippen LogP contribution in [-0.2, 0) is 14.3 Å². The maximum Gasteiger partial charge on any atom is 0.337 e. The number of esters is 1. The first-order valence-corrected chi connectivity index (χ1v) is 9.87. The zero-order valence-electron chi connectivity index (χ0n) is 17.7. The van der Waals surface area contributed by atoms with Crippen LogP contribution in [0.5, 0.6) is 0 Å². The molecule has 1 saturated heterocycles. The van der Waals surface area contributed by atoms with Crippen LogP contribution in [0, 0.1) is 0 Å². The van der Waals surface area contributed by atoms with Gasteiger partial charge in [-0.05, 0) is 56.9 Å². The second-order valence-corrected chi connectivity index (χ2v) is 7.50. The standard InChI is InChI=1S/C23H25N3O5/c1-25(2)13-4-14-26-19(15-5-7-17(8-6-15)23(30)31-3)18(21(28)22(26)29)20(27)16-9-11-24-12-10-16/h5-12,19,27H,4,13-14H2,1-3H3/b20-18+/t19-/m1/s1. The van der Waals surface area contributed by atoms with Gasteiger partial charge in [-0.1, -0.05) is 12.1 Å². The van der Waals surface area contributed by atoms with Gasteiger partial charge >= 0.3 is 5.97 Å². The maximum absolute atomic E-state index is 12.9. The van der Waals surface area contributed by atoms with Crippen molar-refractivity contribution in [3.05, 3.63) is 71.1 Å². The lowest BCUT2D eigenvalue weighted by molar-refractivity contribution is -0.139. The molecule has 2 aromatic rings. The van der Waals surface area contributed by atoms with Gasteiger partial charge in [0.1, 0.15) is 5.76 Å². The second kappa shape index (κ2) is 9.53. The Balaban J connectivity index is 2.07. The predicted molar refractivity (Wildman–Crippen MR) is 114 cm³/mol. The highest BCUT2D eigenvalue weighted by Gasteiger charge is 2.45. The number of hydrogen-bond acceptors (Lipinski definition) is 7. The summed E-state index contributed by atoms with van der Waals surface area (Å²) in [5.41, 5.74) is 1.39. The fraction of sp³-hybridized carbons (Fsp3) is 0.304. The number of methoxy groups -OCH3 is 1. The molecular formula is C23H25N3O5. The van der Waals surface area contributed by atoms with Crippen LogP contribution in [0.25, 0.3) is 5.76 Å². The van der Waals surface area contributed by atoms with Gasteiger partial charge < -0.3 is 19.6 Å². The van der Waals surface area contributed by atoms with Crippen LogP contribution in [0.2, 0.25) is 0 Å². The number of benzene rings is 1. The first kappa shape index (κ1) is 22.2. The number of ether oxygens (including phenoxy) is 1. The molecule has 1 aromatic heterocycles. The minimum atomic E-state index is -0.762. The Morgan fingerprint density at radius 3 is 2.32 bits per heavy atom. The summed E-state index contributed by atoms with van der Waals surface area (Å²) in [7, 11) is 5.16. The monoisotopic (exact) mass is 423 g/mol. The van der Waals surface area contributed by atoms with E-state index in [0.29, 0.717) is 29.7 Å². The molecule has 8 nitrogen and oxygen atoms in total. The summed E-state index contributed by atoms with van der Waals surface area (Å²) in [4.78, 5) is 45.0. The summed E-state index contributed by atoms with van der Waals surface area (Å²) in [5.74, 6) is -2.13. The van der Waals surface area contributed by atoms with Crippen LogP contribution in [0.15, 0.2) is 54.4 Å². The van der Waals surface area contributed by atoms with E-state index in [1.54, 1.807) is 36.4 Å². The Labute approximate surface area is 180 Å². The van der Waals surface area contributed by atoms with Crippen LogP contribution in [0.4, 0.5) is 0 Å². The van der Waals surface area contributed by atoms with E-state index in [2.05, 4.69) is 4.98 Å². The quantitative estimate of drug-likeness (QED) is 0.315. The van der Waals surface area contributed by atoms with E-state index < -0.39 is 23.7 Å². The molecule has 1 aliphatic heterocycles. The van der Waals surface area contributed by atoms with Gasteiger partial charge in [-0.15, -0.1) is 0 Å². The van der Waals surface area contributed by atoms with Crippen LogP contribution in [0.3, 0.4) is 0 Å². The van der Waals surface area contributed by atoms with Gasteiger partial charge in [0.2, 0.25) is 0 Å². The summed E-state index contributed by atoms with van der Waals surface area (Å²) in [6, 6.07) is 8.88. The number of carbonyl (C=O) groups excluding carboxylic acids is 3. The van der Waals surface area contributed by atoms with Crippen molar-refractivity contribution in [2.24, 2.45) is 0 Å². The van der Waals surface area contributed by atoms with E-state index in [4.69, 9.17) is 4.74 Å². The van der Waals surface area contributed by atoms with E-state index in [-0.39, 0.29) is 11.3 Å². The summed E-state index contributed by atoms with van der Waals surface area (Å²) in [5, 5.41) is 10.9. The molecular weight excluding hydrogens is 398 g/mol. The minimum Gasteiger partial charge on any atom is -0.507 e. The maximum atomic E-state index is 12.9. The zero-order valence-corrected chi connectivity index (χ0v) is 17.7. The number of ketones is 1. The van der Waals surface area contributed by atoms with Crippen molar-refractivity contribution < 1.29 is 24.2 Å². The van der Waals surface area contributed by atoms with Gasteiger partial charge in [0.25, 0.3) is 11.7 Å². The largest absolute Gasteiger partial charge is 0.507 e. The Hall–Kier alpha value is -3.52. The molecule has 1 aliphatic rings. The number of rotatable bonds is 7. The number of hydrogen-bond donors (Lipinski definition) is 1. The number of pyridine rings is 1. The normalized spacial score (nSPS) is 17.9. The summed E-state index contributed by atoms with van der Waals surface area (Å²) < 4.78 is 4.73. The Kier molecular flexibility index (Phi) is 6.81. The molecule has 1 N–H and O–H groups in total. The lowest BCUT2D eigenvalue weighted by Gasteiger charge is -2.26. The van der Waals surface area contributed by atoms with Crippen LogP contribution < -0.4 is 0 Å². The van der Waals surface area contributed by atoms with Crippen LogP contribution >= 0.6 is 0 Å². The van der Waals surface area contributed by atoms with E-state index in [9.17, 15) is 19.5 Å². The molecule has 1 amide bonds. The molecule has 0 radical (unpaired) electrons. The number of aliphatic hydroxyl groups is 1. The van der Waals surface area contributed by atoms with Crippen molar-refractivity contribution in [2.75, 3.05) is 34.3 Å². The van der Waals surface area contributed by atoms with Gasteiger partial charge in [-0.25, -0.2) is 4.79 Å². The summed E-state index contributed by atoms with van der Waals surface area (Å²) in [6.07, 6.45) is 3.66. The molecule has 8 heteroatoms. The second-order valence-electron chi connectivity index (χ2n) is 7.50. The molecule has 0 aliphatic carbocycles. The van der Waals surface area contributed by atoms with E-state index in [1.807, 2.05) is 19.0 Å².